The summed E-state index contributed by atoms with van der Waals surface area (Å²) in [6.45, 7) is 0. The van der Waals surface area contributed by atoms with Crippen molar-refractivity contribution in [3.8, 4) is 5.75 Å². The molecule has 0 aliphatic rings. The molecule has 0 bridgehead atoms. The van der Waals surface area contributed by atoms with Crippen LogP contribution >= 0.6 is 0 Å². The average molecular weight is 425 g/mol. The molecule has 1 N–H and O–H groups in total. The molecule has 0 atom stereocenters. The van der Waals surface area contributed by atoms with Crippen molar-refractivity contribution in [2.45, 2.75) is 0 Å². The largest absolute Gasteiger partial charge is 0.496 e. The number of hydrogen-bond donors (Lipinski definition) is 1. The van der Waals surface area contributed by atoms with E-state index >= 15 is 0 Å². The summed E-state index contributed by atoms with van der Waals surface area (Å²) < 4.78 is 5.16. The van der Waals surface area contributed by atoms with Crippen molar-refractivity contribution < 1.29 is 19.2 Å². The molecular weight excluding hydrogens is 406 g/mol. The number of carbonyl (C=O) groups is 2. The second-order valence-corrected chi connectivity index (χ2v) is 6.81. The second kappa shape index (κ2) is 9.53. The molecule has 1 amide bonds. The minimum atomic E-state index is -0.506. The summed E-state index contributed by atoms with van der Waals surface area (Å²) in [4.78, 5) is 29.7. The van der Waals surface area contributed by atoms with Crippen LogP contribution in [0.15, 0.2) is 101 Å². The fourth-order valence-electron chi connectivity index (χ4n) is 3.05. The van der Waals surface area contributed by atoms with Crippen molar-refractivity contribution in [2.24, 2.45) is 10.2 Å². The molecule has 0 aromatic heterocycles. The number of fused-ring (bicyclic) bond motifs is 1. The monoisotopic (exact) mass is 425 g/mol. The number of methoxy groups -OCH3 is 1. The predicted molar refractivity (Wildman–Crippen MR) is 121 cm³/mol. The zero-order valence-corrected chi connectivity index (χ0v) is 17.2. The van der Waals surface area contributed by atoms with Crippen LogP contribution in [0, 0.1) is 0 Å². The average Bonchev–Trinajstić information content (AvgIpc) is 2.86. The third-order valence-electron chi connectivity index (χ3n) is 4.71. The van der Waals surface area contributed by atoms with Gasteiger partial charge in [-0.15, -0.1) is 10.2 Å². The highest BCUT2D eigenvalue weighted by Gasteiger charge is 2.11. The number of carbonyl (C=O) groups excluding carboxylic acids is 2. The number of amides is 1. The Bertz CT molecular complexity index is 1300. The Hall–Kier alpha value is -4.52. The van der Waals surface area contributed by atoms with Crippen molar-refractivity contribution in [2.75, 3.05) is 12.6 Å². The van der Waals surface area contributed by atoms with Gasteiger partial charge in [-0.1, -0.05) is 42.5 Å². The second-order valence-electron chi connectivity index (χ2n) is 6.81. The Morgan fingerprint density at radius 2 is 1.53 bits per heavy atom. The van der Waals surface area contributed by atoms with E-state index in [2.05, 4.69) is 15.7 Å². The number of hydrogen-bond acceptors (Lipinski definition) is 6. The zero-order chi connectivity index (χ0) is 22.3. The summed E-state index contributed by atoms with van der Waals surface area (Å²) in [5.41, 5.74) is 4.41. The van der Waals surface area contributed by atoms with Gasteiger partial charge in [0.05, 0.1) is 29.6 Å². The molecule has 0 fully saturated rings. The highest BCUT2D eigenvalue weighted by molar-refractivity contribution is 5.97. The minimum Gasteiger partial charge on any atom is -0.496 e. The molecule has 7 nitrogen and oxygen atoms in total. The molecule has 4 aromatic carbocycles. The lowest BCUT2D eigenvalue weighted by molar-refractivity contribution is 0.0596. The van der Waals surface area contributed by atoms with Gasteiger partial charge in [-0.3, -0.25) is 4.79 Å². The van der Waals surface area contributed by atoms with Crippen LogP contribution in [0.1, 0.15) is 20.7 Å². The summed E-state index contributed by atoms with van der Waals surface area (Å²) in [5.74, 6) is -0.569. The lowest BCUT2D eigenvalue weighted by Gasteiger charge is -2.07. The van der Waals surface area contributed by atoms with Crippen molar-refractivity contribution in [1.82, 2.24) is 0 Å². The molecule has 0 spiro atoms. The van der Waals surface area contributed by atoms with E-state index in [1.54, 1.807) is 60.7 Å². The van der Waals surface area contributed by atoms with Crippen LogP contribution in [0.25, 0.3) is 10.8 Å². The van der Waals surface area contributed by atoms with Crippen molar-refractivity contribution in [1.29, 1.82) is 0 Å². The smallest absolute Gasteiger partial charge is 0.362 e. The summed E-state index contributed by atoms with van der Waals surface area (Å²) in [6, 6.07) is 26.6. The highest BCUT2D eigenvalue weighted by Crippen LogP contribution is 2.21. The first-order chi connectivity index (χ1) is 15.6. The minimum absolute atomic E-state index is 0.331. The molecule has 4 aromatic rings. The van der Waals surface area contributed by atoms with Crippen molar-refractivity contribution in [3.05, 3.63) is 102 Å². The molecule has 158 valence electrons. The zero-order valence-electron chi connectivity index (χ0n) is 17.2. The summed E-state index contributed by atoms with van der Waals surface area (Å²) in [5, 5.41) is 9.70. The van der Waals surface area contributed by atoms with E-state index in [1.807, 2.05) is 30.3 Å². The molecule has 0 unspecified atom stereocenters. The standard InChI is InChI=1S/C25H19N3O4/c1-31-23-9-5-4-8-22(23)24(29)27-26-20-12-14-21(15-13-20)28-32-25(30)19-11-10-17-6-2-3-7-18(17)16-19/h2-16,28H,1H3. The Morgan fingerprint density at radius 3 is 2.31 bits per heavy atom. The first-order valence-corrected chi connectivity index (χ1v) is 9.79. The molecule has 0 saturated heterocycles. The van der Waals surface area contributed by atoms with Crippen molar-refractivity contribution >= 4 is 34.0 Å². The van der Waals surface area contributed by atoms with E-state index in [-0.39, 0.29) is 0 Å². The maximum atomic E-state index is 12.3. The molecule has 7 heteroatoms. The third kappa shape index (κ3) is 4.79. The first-order valence-electron chi connectivity index (χ1n) is 9.79. The predicted octanol–water partition coefficient (Wildman–Crippen LogP) is 5.96. The normalized spacial score (nSPS) is 10.8. The lowest BCUT2D eigenvalue weighted by atomic mass is 10.1. The number of nitrogens with zero attached hydrogens (tertiary/aromatic N) is 2. The molecular formula is C25H19N3O4. The van der Waals surface area contributed by atoms with E-state index in [9.17, 15) is 9.59 Å². The fraction of sp³-hybridized carbons (Fsp3) is 0.0400. The van der Waals surface area contributed by atoms with Gasteiger partial charge in [0.2, 0.25) is 0 Å². The van der Waals surface area contributed by atoms with E-state index in [0.29, 0.717) is 28.3 Å². The van der Waals surface area contributed by atoms with Crippen LogP contribution in [-0.4, -0.2) is 19.0 Å². The first kappa shape index (κ1) is 20.7. The van der Waals surface area contributed by atoms with Crippen molar-refractivity contribution in [3.63, 3.8) is 0 Å². The summed E-state index contributed by atoms with van der Waals surface area (Å²) >= 11 is 0. The molecule has 0 saturated carbocycles. The number of nitrogens with one attached hydrogen (secondary N) is 1. The van der Waals surface area contributed by atoms with Crippen LogP contribution in [0.4, 0.5) is 11.4 Å². The Morgan fingerprint density at radius 1 is 0.812 bits per heavy atom. The summed E-state index contributed by atoms with van der Waals surface area (Å²) in [7, 11) is 1.49. The van der Waals surface area contributed by atoms with Crippen LogP contribution in [0.3, 0.4) is 0 Å². The van der Waals surface area contributed by atoms with Gasteiger partial charge in [-0.2, -0.15) is 0 Å². The number of azo groups is 1. The van der Waals surface area contributed by atoms with Crippen LogP contribution < -0.4 is 10.2 Å². The van der Waals surface area contributed by atoms with Gasteiger partial charge in [-0.05, 0) is 59.3 Å². The van der Waals surface area contributed by atoms with E-state index in [0.717, 1.165) is 10.8 Å². The topological polar surface area (TPSA) is 89.3 Å². The van der Waals surface area contributed by atoms with E-state index < -0.39 is 11.9 Å². The van der Waals surface area contributed by atoms with Gasteiger partial charge in [-0.25, -0.2) is 10.3 Å². The maximum Gasteiger partial charge on any atom is 0.362 e. The maximum absolute atomic E-state index is 12.3. The number of ether oxygens (including phenoxy) is 1. The van der Waals surface area contributed by atoms with Gasteiger partial charge in [0.25, 0.3) is 5.91 Å². The third-order valence-corrected chi connectivity index (χ3v) is 4.71. The fourth-order valence-corrected chi connectivity index (χ4v) is 3.05. The lowest BCUT2D eigenvalue weighted by Crippen LogP contribution is -2.10. The quantitative estimate of drug-likeness (QED) is 0.304. The molecule has 0 aliphatic heterocycles. The molecule has 32 heavy (non-hydrogen) atoms. The Kier molecular flexibility index (Phi) is 6.17. The van der Waals surface area contributed by atoms with Crippen LogP contribution in [0.5, 0.6) is 5.75 Å². The van der Waals surface area contributed by atoms with E-state index in [4.69, 9.17) is 9.57 Å². The van der Waals surface area contributed by atoms with Crippen LogP contribution in [0.2, 0.25) is 0 Å². The summed E-state index contributed by atoms with van der Waals surface area (Å²) in [6.07, 6.45) is 0. The van der Waals surface area contributed by atoms with Gasteiger partial charge in [0.15, 0.2) is 0 Å². The Labute approximate surface area is 184 Å². The van der Waals surface area contributed by atoms with E-state index in [1.165, 1.54) is 7.11 Å². The number of benzene rings is 4. The number of para-hydroxylation sites is 1. The molecule has 0 aliphatic carbocycles. The van der Waals surface area contributed by atoms with Gasteiger partial charge in [0, 0.05) is 0 Å². The number of anilines is 1. The van der Waals surface area contributed by atoms with Gasteiger partial charge >= 0.3 is 5.97 Å². The SMILES string of the molecule is COc1ccccc1C(=O)N=Nc1ccc(NOC(=O)c2ccc3ccccc3c2)cc1. The molecule has 0 radical (unpaired) electrons. The number of rotatable bonds is 6. The van der Waals surface area contributed by atoms with Gasteiger partial charge in [0.1, 0.15) is 5.75 Å². The Balaban J connectivity index is 1.36. The van der Waals surface area contributed by atoms with Crippen LogP contribution in [-0.2, 0) is 4.84 Å². The van der Waals surface area contributed by atoms with Gasteiger partial charge < -0.3 is 9.57 Å². The molecule has 0 heterocycles. The molecule has 4 rings (SSSR count). The highest BCUT2D eigenvalue weighted by atomic mass is 16.7.